The Morgan fingerprint density at radius 2 is 2.00 bits per heavy atom. The van der Waals surface area contributed by atoms with E-state index in [1.54, 1.807) is 12.1 Å². The Bertz CT molecular complexity index is 551. The summed E-state index contributed by atoms with van der Waals surface area (Å²) < 4.78 is 5.76. The van der Waals surface area contributed by atoms with E-state index >= 15 is 0 Å². The molecule has 106 valence electrons. The molecule has 0 aliphatic rings. The average Bonchev–Trinajstić information content (AvgIpc) is 2.42. The summed E-state index contributed by atoms with van der Waals surface area (Å²) in [4.78, 5) is 8.85. The molecule has 1 heterocycles. The van der Waals surface area contributed by atoms with E-state index in [0.29, 0.717) is 16.7 Å². The third-order valence-corrected chi connectivity index (χ3v) is 2.94. The van der Waals surface area contributed by atoms with Gasteiger partial charge >= 0.3 is 0 Å². The number of hydrogen-bond acceptors (Lipinski definition) is 4. The second-order valence-corrected chi connectivity index (χ2v) is 4.73. The summed E-state index contributed by atoms with van der Waals surface area (Å²) in [7, 11) is 0. The Morgan fingerprint density at radius 3 is 2.70 bits per heavy atom. The monoisotopic (exact) mass is 291 g/mol. The fraction of sp³-hybridized carbons (Fsp3) is 0.333. The Labute approximate surface area is 124 Å². The molecule has 0 aliphatic heterocycles. The predicted molar refractivity (Wildman–Crippen MR) is 81.7 cm³/mol. The smallest absolute Gasteiger partial charge is 0.224 e. The van der Waals surface area contributed by atoms with Gasteiger partial charge in [0.15, 0.2) is 0 Å². The van der Waals surface area contributed by atoms with Gasteiger partial charge in [-0.3, -0.25) is 0 Å². The van der Waals surface area contributed by atoms with Crippen LogP contribution >= 0.6 is 11.6 Å². The Hall–Kier alpha value is -1.81. The molecule has 0 fully saturated rings. The highest BCUT2D eigenvalue weighted by molar-refractivity contribution is 6.32. The molecule has 0 bridgehead atoms. The van der Waals surface area contributed by atoms with Crippen LogP contribution in [-0.4, -0.2) is 16.5 Å². The van der Waals surface area contributed by atoms with Gasteiger partial charge < -0.3 is 10.1 Å². The molecule has 0 radical (unpaired) electrons. The summed E-state index contributed by atoms with van der Waals surface area (Å²) in [6.45, 7) is 4.92. The van der Waals surface area contributed by atoms with E-state index in [2.05, 4.69) is 22.2 Å². The second kappa shape index (κ2) is 7.10. The van der Waals surface area contributed by atoms with Crippen molar-refractivity contribution in [3.8, 4) is 11.6 Å². The predicted octanol–water partition coefficient (Wildman–Crippen LogP) is 4.31. The third kappa shape index (κ3) is 3.84. The Kier molecular flexibility index (Phi) is 5.18. The molecular formula is C15H18ClN3O. The molecule has 2 aromatic rings. The highest BCUT2D eigenvalue weighted by Crippen LogP contribution is 2.28. The first-order valence-corrected chi connectivity index (χ1v) is 7.15. The highest BCUT2D eigenvalue weighted by atomic mass is 35.5. The maximum absolute atomic E-state index is 6.09. The molecule has 0 amide bonds. The minimum atomic E-state index is 0.507. The molecule has 1 N–H and O–H groups in total. The first-order chi connectivity index (χ1) is 9.72. The lowest BCUT2D eigenvalue weighted by atomic mass is 10.3. The number of anilines is 1. The number of aromatic nitrogens is 2. The molecule has 2 rings (SSSR count). The number of rotatable bonds is 6. The summed E-state index contributed by atoms with van der Waals surface area (Å²) >= 11 is 6.09. The van der Waals surface area contributed by atoms with Gasteiger partial charge in [-0.05, 0) is 25.5 Å². The lowest BCUT2D eigenvalue weighted by molar-refractivity contribution is 0.459. The molecule has 0 spiro atoms. The quantitative estimate of drug-likeness (QED) is 0.861. The lowest BCUT2D eigenvalue weighted by Gasteiger charge is -2.10. The van der Waals surface area contributed by atoms with Crippen LogP contribution in [0.15, 0.2) is 30.3 Å². The van der Waals surface area contributed by atoms with Crippen molar-refractivity contribution in [2.24, 2.45) is 0 Å². The number of ether oxygens (including phenoxy) is 1. The van der Waals surface area contributed by atoms with Crippen molar-refractivity contribution in [2.75, 3.05) is 11.9 Å². The SMILES string of the molecule is CCCc1nc(NCC)cc(Oc2ccccc2Cl)n1. The molecule has 1 aromatic heterocycles. The average molecular weight is 292 g/mol. The molecule has 0 saturated carbocycles. The number of benzene rings is 1. The first-order valence-electron chi connectivity index (χ1n) is 6.77. The van der Waals surface area contributed by atoms with Gasteiger partial charge in [-0.2, -0.15) is 4.98 Å². The van der Waals surface area contributed by atoms with Crippen molar-refractivity contribution in [1.82, 2.24) is 9.97 Å². The normalized spacial score (nSPS) is 10.3. The van der Waals surface area contributed by atoms with E-state index in [-0.39, 0.29) is 0 Å². The van der Waals surface area contributed by atoms with Crippen molar-refractivity contribution >= 4 is 17.4 Å². The largest absolute Gasteiger partial charge is 0.437 e. The molecule has 5 heteroatoms. The van der Waals surface area contributed by atoms with Crippen molar-refractivity contribution < 1.29 is 4.74 Å². The van der Waals surface area contributed by atoms with Crippen LogP contribution in [0.2, 0.25) is 5.02 Å². The van der Waals surface area contributed by atoms with Gasteiger partial charge in [0, 0.05) is 19.0 Å². The minimum absolute atomic E-state index is 0.507. The summed E-state index contributed by atoms with van der Waals surface area (Å²) in [6, 6.07) is 9.13. The minimum Gasteiger partial charge on any atom is -0.437 e. The second-order valence-electron chi connectivity index (χ2n) is 4.32. The van der Waals surface area contributed by atoms with Crippen LogP contribution in [0.4, 0.5) is 5.82 Å². The molecule has 0 aliphatic carbocycles. The van der Waals surface area contributed by atoms with Crippen LogP contribution in [-0.2, 0) is 6.42 Å². The van der Waals surface area contributed by atoms with Crippen LogP contribution in [0.25, 0.3) is 0 Å². The molecule has 20 heavy (non-hydrogen) atoms. The molecule has 0 atom stereocenters. The van der Waals surface area contributed by atoms with E-state index in [4.69, 9.17) is 16.3 Å². The summed E-state index contributed by atoms with van der Waals surface area (Å²) in [5.74, 6) is 2.64. The van der Waals surface area contributed by atoms with Crippen molar-refractivity contribution in [3.05, 3.63) is 41.2 Å². The van der Waals surface area contributed by atoms with Crippen LogP contribution in [0.5, 0.6) is 11.6 Å². The van der Waals surface area contributed by atoms with E-state index in [1.165, 1.54) is 0 Å². The standard InChI is InChI=1S/C15H18ClN3O/c1-3-7-13-18-14(17-4-2)10-15(19-13)20-12-9-6-5-8-11(12)16/h5-6,8-10H,3-4,7H2,1-2H3,(H,17,18,19). The summed E-state index contributed by atoms with van der Waals surface area (Å²) in [5.41, 5.74) is 0. The van der Waals surface area contributed by atoms with Gasteiger partial charge in [0.1, 0.15) is 17.4 Å². The van der Waals surface area contributed by atoms with Gasteiger partial charge in [0.2, 0.25) is 5.88 Å². The van der Waals surface area contributed by atoms with Crippen LogP contribution in [0.1, 0.15) is 26.1 Å². The fourth-order valence-corrected chi connectivity index (χ4v) is 1.95. The zero-order chi connectivity index (χ0) is 14.4. The Morgan fingerprint density at radius 1 is 1.20 bits per heavy atom. The van der Waals surface area contributed by atoms with Crippen molar-refractivity contribution in [1.29, 1.82) is 0 Å². The van der Waals surface area contributed by atoms with E-state index < -0.39 is 0 Å². The number of nitrogens with zero attached hydrogens (tertiary/aromatic N) is 2. The maximum Gasteiger partial charge on any atom is 0.224 e. The van der Waals surface area contributed by atoms with Gasteiger partial charge in [0.05, 0.1) is 5.02 Å². The number of hydrogen-bond donors (Lipinski definition) is 1. The topological polar surface area (TPSA) is 47.0 Å². The van der Waals surface area contributed by atoms with Gasteiger partial charge in [-0.15, -0.1) is 0 Å². The number of halogens is 1. The van der Waals surface area contributed by atoms with Gasteiger partial charge in [0.25, 0.3) is 0 Å². The van der Waals surface area contributed by atoms with E-state index in [9.17, 15) is 0 Å². The maximum atomic E-state index is 6.09. The zero-order valence-corrected chi connectivity index (χ0v) is 12.4. The number of aryl methyl sites for hydroxylation is 1. The molecule has 0 unspecified atom stereocenters. The van der Waals surface area contributed by atoms with Gasteiger partial charge in [-0.1, -0.05) is 30.7 Å². The Balaban J connectivity index is 2.28. The van der Waals surface area contributed by atoms with E-state index in [1.807, 2.05) is 25.1 Å². The highest BCUT2D eigenvalue weighted by Gasteiger charge is 2.08. The molecule has 1 aromatic carbocycles. The summed E-state index contributed by atoms with van der Waals surface area (Å²) in [6.07, 6.45) is 1.80. The lowest BCUT2D eigenvalue weighted by Crippen LogP contribution is -2.04. The third-order valence-electron chi connectivity index (χ3n) is 2.63. The van der Waals surface area contributed by atoms with Crippen LogP contribution in [0.3, 0.4) is 0 Å². The van der Waals surface area contributed by atoms with Crippen molar-refractivity contribution in [3.63, 3.8) is 0 Å². The van der Waals surface area contributed by atoms with Crippen LogP contribution in [0, 0.1) is 0 Å². The molecule has 0 saturated heterocycles. The zero-order valence-electron chi connectivity index (χ0n) is 11.7. The number of nitrogens with one attached hydrogen (secondary N) is 1. The molecule has 4 nitrogen and oxygen atoms in total. The van der Waals surface area contributed by atoms with Crippen LogP contribution < -0.4 is 10.1 Å². The first kappa shape index (κ1) is 14.6. The summed E-state index contributed by atoms with van der Waals surface area (Å²) in [5, 5.41) is 3.75. The fourth-order valence-electron chi connectivity index (χ4n) is 1.77. The number of para-hydroxylation sites is 1. The van der Waals surface area contributed by atoms with Gasteiger partial charge in [-0.25, -0.2) is 4.98 Å². The molecular weight excluding hydrogens is 274 g/mol. The van der Waals surface area contributed by atoms with Crippen molar-refractivity contribution in [2.45, 2.75) is 26.7 Å². The van der Waals surface area contributed by atoms with E-state index in [0.717, 1.165) is 31.0 Å².